The summed E-state index contributed by atoms with van der Waals surface area (Å²) in [6, 6.07) is 8.33. The number of nitrogens with zero attached hydrogens (tertiary/aromatic N) is 1. The molecule has 1 unspecified atom stereocenters. The van der Waals surface area contributed by atoms with E-state index in [1.165, 1.54) is 14.2 Å². The number of amides is 1. The molecule has 0 bridgehead atoms. The van der Waals surface area contributed by atoms with Crippen LogP contribution in [0.15, 0.2) is 41.3 Å². The van der Waals surface area contributed by atoms with Crippen LogP contribution in [-0.2, 0) is 6.54 Å². The minimum Gasteiger partial charge on any atom is -0.497 e. The first kappa shape index (κ1) is 19.1. The largest absolute Gasteiger partial charge is 0.497 e. The maximum absolute atomic E-state index is 13.1. The van der Waals surface area contributed by atoms with Crippen LogP contribution >= 0.6 is 11.6 Å². The van der Waals surface area contributed by atoms with Crippen LogP contribution in [-0.4, -0.2) is 30.8 Å². The molecule has 0 aliphatic carbocycles. The molecule has 1 atom stereocenters. The molecule has 3 aromatic rings. The predicted octanol–water partition coefficient (Wildman–Crippen LogP) is 3.71. The number of ether oxygens (including phenoxy) is 3. The van der Waals surface area contributed by atoms with Gasteiger partial charge >= 0.3 is 0 Å². The number of benzene rings is 2. The van der Waals surface area contributed by atoms with Gasteiger partial charge in [0, 0.05) is 12.3 Å². The summed E-state index contributed by atoms with van der Waals surface area (Å²) in [5.41, 5.74) is 0.557. The molecule has 8 heteroatoms. The summed E-state index contributed by atoms with van der Waals surface area (Å²) in [6.07, 6.45) is 1.45. The smallest absolute Gasteiger partial charge is 0.261 e. The summed E-state index contributed by atoms with van der Waals surface area (Å²) in [4.78, 5) is 26.1. The molecule has 4 rings (SSSR count). The number of methoxy groups -OCH3 is 2. The lowest BCUT2D eigenvalue weighted by Gasteiger charge is -2.26. The van der Waals surface area contributed by atoms with Crippen molar-refractivity contribution < 1.29 is 19.0 Å². The molecule has 1 aliphatic heterocycles. The highest BCUT2D eigenvalue weighted by Crippen LogP contribution is 2.34. The van der Waals surface area contributed by atoms with Gasteiger partial charge in [0.15, 0.2) is 0 Å². The van der Waals surface area contributed by atoms with Crippen LogP contribution < -0.4 is 25.0 Å². The highest BCUT2D eigenvalue weighted by atomic mass is 35.5. The Kier molecular flexibility index (Phi) is 4.84. The number of nitrogens with one attached hydrogen (secondary N) is 1. The van der Waals surface area contributed by atoms with E-state index in [-0.39, 0.29) is 22.1 Å². The van der Waals surface area contributed by atoms with E-state index < -0.39 is 11.3 Å². The van der Waals surface area contributed by atoms with Crippen molar-refractivity contribution in [2.45, 2.75) is 19.6 Å². The van der Waals surface area contributed by atoms with Crippen molar-refractivity contribution in [3.05, 3.63) is 57.3 Å². The molecule has 2 aromatic carbocycles. The Bertz CT molecular complexity index is 1190. The van der Waals surface area contributed by atoms with Crippen molar-refractivity contribution in [1.82, 2.24) is 4.57 Å². The number of hydrogen-bond acceptors (Lipinski definition) is 5. The molecule has 1 N–H and O–H groups in total. The molecule has 1 aromatic heterocycles. The van der Waals surface area contributed by atoms with Crippen LogP contribution in [0, 0.1) is 0 Å². The zero-order valence-electron chi connectivity index (χ0n) is 16.1. The molecular weight excluding hydrogens is 396 g/mol. The number of hydrogen-bond donors (Lipinski definition) is 1. The van der Waals surface area contributed by atoms with Gasteiger partial charge in [0.25, 0.3) is 5.91 Å². The Balaban J connectivity index is 1.81. The lowest BCUT2D eigenvalue weighted by atomic mass is 10.1. The number of carbonyl (C=O) groups excluding carboxylic acids is 1. The Morgan fingerprint density at radius 1 is 1.24 bits per heavy atom. The SMILES string of the molecule is COc1ccc(NC(=O)c2cn3c4c(ccc(Cl)c4c2=O)OC(C)C3)c(OC)c1. The molecule has 0 saturated heterocycles. The Labute approximate surface area is 171 Å². The fourth-order valence-corrected chi connectivity index (χ4v) is 3.72. The second-order valence-corrected chi connectivity index (χ2v) is 7.15. The van der Waals surface area contributed by atoms with Gasteiger partial charge in [-0.25, -0.2) is 0 Å². The van der Waals surface area contributed by atoms with Crippen LogP contribution in [0.1, 0.15) is 17.3 Å². The zero-order valence-corrected chi connectivity index (χ0v) is 16.9. The summed E-state index contributed by atoms with van der Waals surface area (Å²) in [6.45, 7) is 2.42. The van der Waals surface area contributed by atoms with Crippen molar-refractivity contribution in [2.24, 2.45) is 0 Å². The van der Waals surface area contributed by atoms with E-state index in [9.17, 15) is 9.59 Å². The van der Waals surface area contributed by atoms with E-state index in [1.807, 2.05) is 11.5 Å². The van der Waals surface area contributed by atoms with Crippen LogP contribution in [0.5, 0.6) is 17.2 Å². The minimum absolute atomic E-state index is 0.0106. The van der Waals surface area contributed by atoms with Crippen molar-refractivity contribution in [1.29, 1.82) is 0 Å². The third-order valence-corrected chi connectivity index (χ3v) is 5.13. The lowest BCUT2D eigenvalue weighted by Crippen LogP contribution is -2.30. The van der Waals surface area contributed by atoms with E-state index in [0.29, 0.717) is 35.0 Å². The normalized spacial score (nSPS) is 15.0. The number of pyridine rings is 1. The molecular formula is C21H19ClN2O5. The van der Waals surface area contributed by atoms with E-state index >= 15 is 0 Å². The number of aromatic nitrogens is 1. The molecule has 0 spiro atoms. The van der Waals surface area contributed by atoms with E-state index in [4.69, 9.17) is 25.8 Å². The van der Waals surface area contributed by atoms with Crippen molar-refractivity contribution in [3.8, 4) is 17.2 Å². The number of rotatable bonds is 4. The van der Waals surface area contributed by atoms with Crippen LogP contribution in [0.25, 0.3) is 10.9 Å². The second kappa shape index (κ2) is 7.33. The lowest BCUT2D eigenvalue weighted by molar-refractivity contribution is 0.102. The van der Waals surface area contributed by atoms with E-state index in [2.05, 4.69) is 5.32 Å². The first-order valence-electron chi connectivity index (χ1n) is 8.98. The maximum Gasteiger partial charge on any atom is 0.261 e. The van der Waals surface area contributed by atoms with Gasteiger partial charge in [-0.05, 0) is 31.2 Å². The molecule has 0 saturated carbocycles. The van der Waals surface area contributed by atoms with Gasteiger partial charge in [-0.1, -0.05) is 11.6 Å². The molecule has 2 heterocycles. The van der Waals surface area contributed by atoms with Crippen molar-refractivity contribution in [2.75, 3.05) is 19.5 Å². The molecule has 0 fully saturated rings. The Morgan fingerprint density at radius 2 is 2.03 bits per heavy atom. The average molecular weight is 415 g/mol. The third kappa shape index (κ3) is 3.27. The third-order valence-electron chi connectivity index (χ3n) is 4.82. The minimum atomic E-state index is -0.551. The van der Waals surface area contributed by atoms with E-state index in [0.717, 1.165) is 0 Å². The monoisotopic (exact) mass is 414 g/mol. The summed E-state index contributed by atoms with van der Waals surface area (Å²) < 4.78 is 18.1. The van der Waals surface area contributed by atoms with Crippen LogP contribution in [0.2, 0.25) is 5.02 Å². The van der Waals surface area contributed by atoms with Crippen LogP contribution in [0.3, 0.4) is 0 Å². The molecule has 1 amide bonds. The Hall–Kier alpha value is -3.19. The van der Waals surface area contributed by atoms with Crippen molar-refractivity contribution >= 4 is 34.1 Å². The topological polar surface area (TPSA) is 78.8 Å². The van der Waals surface area contributed by atoms with Crippen LogP contribution in [0.4, 0.5) is 5.69 Å². The summed E-state index contributed by atoms with van der Waals surface area (Å²) in [5, 5.41) is 3.29. The van der Waals surface area contributed by atoms with Gasteiger partial charge in [0.05, 0.1) is 42.4 Å². The van der Waals surface area contributed by atoms with Gasteiger partial charge < -0.3 is 24.1 Å². The summed E-state index contributed by atoms with van der Waals surface area (Å²) >= 11 is 6.31. The highest BCUT2D eigenvalue weighted by molar-refractivity contribution is 6.35. The first-order valence-corrected chi connectivity index (χ1v) is 9.36. The number of halogens is 1. The second-order valence-electron chi connectivity index (χ2n) is 6.74. The molecule has 150 valence electrons. The fraction of sp³-hybridized carbons (Fsp3) is 0.238. The molecule has 29 heavy (non-hydrogen) atoms. The summed E-state index contributed by atoms with van der Waals surface area (Å²) in [7, 11) is 3.03. The average Bonchev–Trinajstić information content (AvgIpc) is 2.71. The zero-order chi connectivity index (χ0) is 20.7. The Morgan fingerprint density at radius 3 is 2.76 bits per heavy atom. The predicted molar refractivity (Wildman–Crippen MR) is 111 cm³/mol. The quantitative estimate of drug-likeness (QED) is 0.704. The molecule has 1 aliphatic rings. The van der Waals surface area contributed by atoms with Gasteiger partial charge in [0.1, 0.15) is 28.9 Å². The fourth-order valence-electron chi connectivity index (χ4n) is 3.49. The van der Waals surface area contributed by atoms with Gasteiger partial charge in [-0.2, -0.15) is 0 Å². The molecule has 7 nitrogen and oxygen atoms in total. The maximum atomic E-state index is 13.1. The standard InChI is InChI=1S/C21H19ClN2O5/c1-11-9-24-10-13(20(25)18-14(22)5-7-16(29-11)19(18)24)21(26)23-15-6-4-12(27-2)8-17(15)28-3/h4-8,10-11H,9H2,1-3H3,(H,23,26). The number of carbonyl (C=O) groups is 1. The van der Waals surface area contributed by atoms with Crippen molar-refractivity contribution in [3.63, 3.8) is 0 Å². The highest BCUT2D eigenvalue weighted by Gasteiger charge is 2.25. The summed E-state index contributed by atoms with van der Waals surface area (Å²) in [5.74, 6) is 1.03. The molecule has 0 radical (unpaired) electrons. The number of anilines is 1. The van der Waals surface area contributed by atoms with Gasteiger partial charge in [-0.3, -0.25) is 9.59 Å². The van der Waals surface area contributed by atoms with E-state index in [1.54, 1.807) is 36.5 Å². The van der Waals surface area contributed by atoms with Gasteiger partial charge in [-0.15, -0.1) is 0 Å². The first-order chi connectivity index (χ1) is 13.9. The van der Waals surface area contributed by atoms with Gasteiger partial charge in [0.2, 0.25) is 5.43 Å².